The third-order valence-electron chi connectivity index (χ3n) is 3.09. The average molecular weight is 308 g/mol. The number of rotatable bonds is 2. The fourth-order valence-corrected chi connectivity index (χ4v) is 2.72. The van der Waals surface area contributed by atoms with Gasteiger partial charge in [0, 0.05) is 24.3 Å². The normalized spacial score (nSPS) is 18.5. The summed E-state index contributed by atoms with van der Waals surface area (Å²) in [4.78, 5) is 21.6. The highest BCUT2D eigenvalue weighted by atomic mass is 32.1. The van der Waals surface area contributed by atoms with E-state index in [4.69, 9.17) is 4.74 Å². The van der Waals surface area contributed by atoms with E-state index in [1.807, 2.05) is 5.38 Å². The van der Waals surface area contributed by atoms with Crippen LogP contribution in [0.2, 0.25) is 0 Å². The van der Waals surface area contributed by atoms with Gasteiger partial charge in [0.2, 0.25) is 0 Å². The molecule has 0 bridgehead atoms. The lowest BCUT2D eigenvalue weighted by Crippen LogP contribution is -2.44. The molecule has 1 aliphatic heterocycles. The molecule has 1 saturated heterocycles. The maximum atomic E-state index is 13.5. The molecule has 1 atom stereocenters. The largest absolute Gasteiger partial charge is 0.367 e. The lowest BCUT2D eigenvalue weighted by molar-refractivity contribution is -0.0136. The fraction of sp³-hybridized carbons (Fsp3) is 0.308. The molecule has 0 aromatic carbocycles. The SMILES string of the molecule is O=C(Nc1ccncc1F)N1CCO[C@H](c2nccs2)C1. The van der Waals surface area contributed by atoms with Gasteiger partial charge in [0.25, 0.3) is 0 Å². The minimum atomic E-state index is -0.560. The average Bonchev–Trinajstić information content (AvgIpc) is 3.04. The van der Waals surface area contributed by atoms with Crippen LogP contribution in [0, 0.1) is 5.82 Å². The fourth-order valence-electron chi connectivity index (χ4n) is 2.05. The van der Waals surface area contributed by atoms with E-state index in [0.717, 1.165) is 11.2 Å². The van der Waals surface area contributed by atoms with E-state index in [1.54, 1.807) is 11.1 Å². The minimum Gasteiger partial charge on any atom is -0.367 e. The number of hydrogen-bond donors (Lipinski definition) is 1. The van der Waals surface area contributed by atoms with Gasteiger partial charge in [-0.05, 0) is 6.07 Å². The number of hydrogen-bond acceptors (Lipinski definition) is 5. The summed E-state index contributed by atoms with van der Waals surface area (Å²) in [7, 11) is 0. The molecule has 2 aromatic heterocycles. The van der Waals surface area contributed by atoms with E-state index >= 15 is 0 Å². The zero-order valence-electron chi connectivity index (χ0n) is 11.0. The molecule has 8 heteroatoms. The Hall–Kier alpha value is -2.06. The Morgan fingerprint density at radius 2 is 2.43 bits per heavy atom. The standard InChI is InChI=1S/C13H13FN4O2S/c14-9-7-15-2-1-10(9)17-13(19)18-4-5-20-11(8-18)12-16-3-6-21-12/h1-3,6-7,11H,4-5,8H2,(H,15,17,19)/t11-/m0/s1. The summed E-state index contributed by atoms with van der Waals surface area (Å²) in [6, 6.07) is 1.07. The second-order valence-corrected chi connectivity index (χ2v) is 5.39. The van der Waals surface area contributed by atoms with Crippen LogP contribution in [0.5, 0.6) is 0 Å². The van der Waals surface area contributed by atoms with Gasteiger partial charge in [-0.2, -0.15) is 0 Å². The number of aromatic nitrogens is 2. The minimum absolute atomic E-state index is 0.118. The molecule has 2 aromatic rings. The molecule has 21 heavy (non-hydrogen) atoms. The molecule has 0 unspecified atom stereocenters. The number of nitrogens with one attached hydrogen (secondary N) is 1. The molecule has 0 spiro atoms. The topological polar surface area (TPSA) is 67.4 Å². The van der Waals surface area contributed by atoms with Crippen molar-refractivity contribution >= 4 is 23.1 Å². The van der Waals surface area contributed by atoms with Crippen molar-refractivity contribution in [2.45, 2.75) is 6.10 Å². The summed E-state index contributed by atoms with van der Waals surface area (Å²) in [6.07, 6.45) is 3.96. The summed E-state index contributed by atoms with van der Waals surface area (Å²) in [5.41, 5.74) is 0.118. The number of anilines is 1. The van der Waals surface area contributed by atoms with Crippen LogP contribution in [-0.4, -0.2) is 40.6 Å². The molecule has 110 valence electrons. The molecule has 0 aliphatic carbocycles. The first-order valence-corrected chi connectivity index (χ1v) is 7.28. The Morgan fingerprint density at radius 1 is 1.52 bits per heavy atom. The predicted octanol–water partition coefficient (Wildman–Crippen LogP) is 2.28. The van der Waals surface area contributed by atoms with Gasteiger partial charge in [-0.25, -0.2) is 14.2 Å². The van der Waals surface area contributed by atoms with Crippen molar-refractivity contribution in [1.29, 1.82) is 0 Å². The Bertz CT molecular complexity index is 622. The first-order chi connectivity index (χ1) is 10.2. The summed E-state index contributed by atoms with van der Waals surface area (Å²) >= 11 is 1.49. The predicted molar refractivity (Wildman–Crippen MR) is 75.6 cm³/mol. The molecule has 3 heterocycles. The summed E-state index contributed by atoms with van der Waals surface area (Å²) in [5, 5.41) is 5.25. The number of morpholine rings is 1. The number of carbonyl (C=O) groups is 1. The van der Waals surface area contributed by atoms with E-state index in [-0.39, 0.29) is 17.8 Å². The van der Waals surface area contributed by atoms with Crippen molar-refractivity contribution in [3.63, 3.8) is 0 Å². The summed E-state index contributed by atoms with van der Waals surface area (Å²) in [5.74, 6) is -0.560. The molecule has 2 amide bonds. The van der Waals surface area contributed by atoms with Gasteiger partial charge in [-0.15, -0.1) is 11.3 Å². The molecular formula is C13H13FN4O2S. The molecule has 1 N–H and O–H groups in total. The van der Waals surface area contributed by atoms with Crippen molar-refractivity contribution in [2.24, 2.45) is 0 Å². The van der Waals surface area contributed by atoms with Crippen LogP contribution in [0.15, 0.2) is 30.0 Å². The van der Waals surface area contributed by atoms with Crippen LogP contribution in [0.4, 0.5) is 14.9 Å². The van der Waals surface area contributed by atoms with Crippen LogP contribution in [0.1, 0.15) is 11.1 Å². The third kappa shape index (κ3) is 3.17. The van der Waals surface area contributed by atoms with Crippen LogP contribution in [0.3, 0.4) is 0 Å². The number of carbonyl (C=O) groups excluding carboxylic acids is 1. The first kappa shape index (κ1) is 13.9. The van der Waals surface area contributed by atoms with Crippen molar-refractivity contribution in [1.82, 2.24) is 14.9 Å². The van der Waals surface area contributed by atoms with Crippen molar-refractivity contribution in [3.8, 4) is 0 Å². The molecule has 1 aliphatic rings. The zero-order valence-corrected chi connectivity index (χ0v) is 11.8. The number of nitrogens with zero attached hydrogens (tertiary/aromatic N) is 3. The van der Waals surface area contributed by atoms with Gasteiger partial charge >= 0.3 is 6.03 Å². The quantitative estimate of drug-likeness (QED) is 0.924. The van der Waals surface area contributed by atoms with E-state index in [1.165, 1.54) is 23.6 Å². The third-order valence-corrected chi connectivity index (χ3v) is 3.96. The number of amides is 2. The van der Waals surface area contributed by atoms with Crippen LogP contribution in [0.25, 0.3) is 0 Å². The van der Waals surface area contributed by atoms with Gasteiger partial charge in [-0.3, -0.25) is 4.98 Å². The van der Waals surface area contributed by atoms with Crippen LogP contribution in [-0.2, 0) is 4.74 Å². The van der Waals surface area contributed by atoms with E-state index < -0.39 is 5.82 Å². The molecule has 1 fully saturated rings. The number of urea groups is 1. The van der Waals surface area contributed by atoms with Gasteiger partial charge in [0.15, 0.2) is 5.82 Å². The van der Waals surface area contributed by atoms with Gasteiger partial charge < -0.3 is 15.0 Å². The van der Waals surface area contributed by atoms with E-state index in [9.17, 15) is 9.18 Å². The highest BCUT2D eigenvalue weighted by Gasteiger charge is 2.27. The van der Waals surface area contributed by atoms with Crippen LogP contribution >= 0.6 is 11.3 Å². The lowest BCUT2D eigenvalue weighted by atomic mass is 10.3. The number of thiazole rings is 1. The van der Waals surface area contributed by atoms with Crippen molar-refractivity contribution in [3.05, 3.63) is 40.9 Å². The van der Waals surface area contributed by atoms with Crippen molar-refractivity contribution < 1.29 is 13.9 Å². The second kappa shape index (κ2) is 6.15. The maximum Gasteiger partial charge on any atom is 0.322 e. The number of halogens is 1. The summed E-state index contributed by atoms with van der Waals surface area (Å²) in [6.45, 7) is 1.28. The highest BCUT2D eigenvalue weighted by Crippen LogP contribution is 2.24. The monoisotopic (exact) mass is 308 g/mol. The van der Waals surface area contributed by atoms with E-state index in [0.29, 0.717) is 19.7 Å². The maximum absolute atomic E-state index is 13.5. The Balaban J connectivity index is 1.66. The highest BCUT2D eigenvalue weighted by molar-refractivity contribution is 7.09. The molecule has 0 radical (unpaired) electrons. The Kier molecular flexibility index (Phi) is 4.07. The van der Waals surface area contributed by atoms with Gasteiger partial charge in [0.05, 0.1) is 25.0 Å². The summed E-state index contributed by atoms with van der Waals surface area (Å²) < 4.78 is 19.1. The zero-order chi connectivity index (χ0) is 14.7. The smallest absolute Gasteiger partial charge is 0.322 e. The van der Waals surface area contributed by atoms with Gasteiger partial charge in [0.1, 0.15) is 11.1 Å². The molecule has 3 rings (SSSR count). The van der Waals surface area contributed by atoms with Gasteiger partial charge in [-0.1, -0.05) is 0 Å². The number of pyridine rings is 1. The lowest BCUT2D eigenvalue weighted by Gasteiger charge is -2.32. The van der Waals surface area contributed by atoms with E-state index in [2.05, 4.69) is 15.3 Å². The second-order valence-electron chi connectivity index (χ2n) is 4.46. The molecule has 6 nitrogen and oxygen atoms in total. The van der Waals surface area contributed by atoms with Crippen molar-refractivity contribution in [2.75, 3.05) is 25.0 Å². The van der Waals surface area contributed by atoms with Crippen LogP contribution < -0.4 is 5.32 Å². The Labute approximate surface area is 124 Å². The molecular weight excluding hydrogens is 295 g/mol. The molecule has 0 saturated carbocycles. The Morgan fingerprint density at radius 3 is 3.19 bits per heavy atom. The number of ether oxygens (including phenoxy) is 1. The first-order valence-electron chi connectivity index (χ1n) is 6.40.